The normalized spacial score (nSPS) is 12.9. The van der Waals surface area contributed by atoms with Crippen molar-refractivity contribution in [2.24, 2.45) is 0 Å². The molecule has 0 aliphatic carbocycles. The van der Waals surface area contributed by atoms with Gasteiger partial charge < -0.3 is 14.8 Å². The number of hydrogen-bond acceptors (Lipinski definition) is 3. The number of hydrogen-bond donors (Lipinski definition) is 1. The van der Waals surface area contributed by atoms with Crippen molar-refractivity contribution in [2.45, 2.75) is 19.1 Å². The molecule has 3 nitrogen and oxygen atoms in total. The maximum atomic E-state index is 12.5. The fraction of sp³-hybridized carbons (Fsp3) is 0.538. The molecule has 1 aromatic rings. The van der Waals surface area contributed by atoms with Gasteiger partial charge in [-0.25, -0.2) is 8.78 Å². The smallest absolute Gasteiger partial charge is 0.263 e. The molecule has 1 N–H and O–H groups in total. The molecule has 0 radical (unpaired) electrons. The molecule has 1 unspecified atom stereocenters. The molecular weight excluding hydrogens is 240 g/mol. The molecule has 0 bridgehead atoms. The zero-order chi connectivity index (χ0) is 13.4. The quantitative estimate of drug-likeness (QED) is 0.777. The van der Waals surface area contributed by atoms with Crippen LogP contribution in [0.25, 0.3) is 0 Å². The van der Waals surface area contributed by atoms with Gasteiger partial charge in [0.05, 0.1) is 12.7 Å². The lowest BCUT2D eigenvalue weighted by atomic mass is 10.1. The van der Waals surface area contributed by atoms with E-state index in [0.717, 1.165) is 5.56 Å². The monoisotopic (exact) mass is 259 g/mol. The predicted octanol–water partition coefficient (Wildman–Crippen LogP) is 2.38. The number of halogens is 2. The van der Waals surface area contributed by atoms with E-state index in [-0.39, 0.29) is 11.7 Å². The van der Waals surface area contributed by atoms with Gasteiger partial charge in [-0.15, -0.1) is 0 Å². The minimum Gasteiger partial charge on any atom is -0.382 e. The third kappa shape index (κ3) is 5.08. The summed E-state index contributed by atoms with van der Waals surface area (Å²) in [5, 5.41) is 3.15. The van der Waals surface area contributed by atoms with Crippen LogP contribution in [-0.4, -0.2) is 33.5 Å². The summed E-state index contributed by atoms with van der Waals surface area (Å²) < 4.78 is 35.2. The number of methoxy groups -OCH3 is 2. The lowest BCUT2D eigenvalue weighted by molar-refractivity contribution is 0.0288. The van der Waals surface area contributed by atoms with Crippen LogP contribution in [0.5, 0.6) is 0 Å². The Morgan fingerprint density at radius 3 is 2.67 bits per heavy atom. The average Bonchev–Trinajstić information content (AvgIpc) is 2.38. The Hall–Kier alpha value is -1.04. The highest BCUT2D eigenvalue weighted by Crippen LogP contribution is 2.19. The van der Waals surface area contributed by atoms with Gasteiger partial charge in [-0.1, -0.05) is 18.2 Å². The Bertz CT molecular complexity index is 348. The van der Waals surface area contributed by atoms with E-state index in [9.17, 15) is 8.78 Å². The Kier molecular flexibility index (Phi) is 6.78. The standard InChI is InChI=1S/C13H19F2NO2/c1-17-9-12(18-2)8-16-7-10-4-3-5-11(6-10)13(14)15/h3-6,12-13,16H,7-9H2,1-2H3. The summed E-state index contributed by atoms with van der Waals surface area (Å²) in [5.41, 5.74) is 0.884. The first-order chi connectivity index (χ1) is 8.67. The number of ether oxygens (including phenoxy) is 2. The molecule has 0 fully saturated rings. The summed E-state index contributed by atoms with van der Waals surface area (Å²) in [6.45, 7) is 1.65. The van der Waals surface area contributed by atoms with Gasteiger partial charge in [-0.2, -0.15) is 0 Å². The van der Waals surface area contributed by atoms with Gasteiger partial charge >= 0.3 is 0 Å². The van der Waals surface area contributed by atoms with Crippen LogP contribution in [0, 0.1) is 0 Å². The predicted molar refractivity (Wildman–Crippen MR) is 65.8 cm³/mol. The van der Waals surface area contributed by atoms with Crippen molar-refractivity contribution in [3.8, 4) is 0 Å². The zero-order valence-electron chi connectivity index (χ0n) is 10.7. The molecule has 0 heterocycles. The summed E-state index contributed by atoms with van der Waals surface area (Å²) >= 11 is 0. The van der Waals surface area contributed by atoms with Crippen molar-refractivity contribution >= 4 is 0 Å². The van der Waals surface area contributed by atoms with Crippen molar-refractivity contribution in [3.63, 3.8) is 0 Å². The van der Waals surface area contributed by atoms with Crippen LogP contribution >= 0.6 is 0 Å². The Morgan fingerprint density at radius 2 is 2.06 bits per heavy atom. The molecule has 1 atom stereocenters. The number of alkyl halides is 2. The molecule has 1 rings (SSSR count). The maximum absolute atomic E-state index is 12.5. The molecule has 0 saturated heterocycles. The molecule has 0 aliphatic heterocycles. The van der Waals surface area contributed by atoms with Gasteiger partial charge in [0.2, 0.25) is 0 Å². The summed E-state index contributed by atoms with van der Waals surface area (Å²) in [6, 6.07) is 6.39. The number of rotatable bonds is 8. The van der Waals surface area contributed by atoms with Crippen LogP contribution in [0.2, 0.25) is 0 Å². The number of nitrogens with one attached hydrogen (secondary N) is 1. The van der Waals surface area contributed by atoms with Gasteiger partial charge in [0.25, 0.3) is 6.43 Å². The highest BCUT2D eigenvalue weighted by atomic mass is 19.3. The highest BCUT2D eigenvalue weighted by Gasteiger charge is 2.08. The van der Waals surface area contributed by atoms with E-state index in [2.05, 4.69) is 5.32 Å². The zero-order valence-corrected chi connectivity index (χ0v) is 10.7. The van der Waals surface area contributed by atoms with E-state index in [1.807, 2.05) is 6.07 Å². The van der Waals surface area contributed by atoms with Crippen molar-refractivity contribution in [2.75, 3.05) is 27.4 Å². The topological polar surface area (TPSA) is 30.5 Å². The fourth-order valence-electron chi connectivity index (χ4n) is 1.61. The summed E-state index contributed by atoms with van der Waals surface area (Å²) in [4.78, 5) is 0. The van der Waals surface area contributed by atoms with Gasteiger partial charge in [0, 0.05) is 32.9 Å². The van der Waals surface area contributed by atoms with Crippen molar-refractivity contribution in [1.82, 2.24) is 5.32 Å². The minimum atomic E-state index is -2.43. The maximum Gasteiger partial charge on any atom is 0.263 e. The van der Waals surface area contributed by atoms with Gasteiger partial charge in [0.15, 0.2) is 0 Å². The van der Waals surface area contributed by atoms with Crippen LogP contribution in [0.4, 0.5) is 8.78 Å². The number of benzene rings is 1. The first-order valence-corrected chi connectivity index (χ1v) is 5.76. The third-order valence-corrected chi connectivity index (χ3v) is 2.59. The second kappa shape index (κ2) is 8.13. The summed E-state index contributed by atoms with van der Waals surface area (Å²) in [7, 11) is 3.22. The second-order valence-corrected chi connectivity index (χ2v) is 3.99. The van der Waals surface area contributed by atoms with Crippen LogP contribution in [0.1, 0.15) is 17.6 Å². The largest absolute Gasteiger partial charge is 0.382 e. The lowest BCUT2D eigenvalue weighted by Crippen LogP contribution is -2.31. The van der Waals surface area contributed by atoms with E-state index in [4.69, 9.17) is 9.47 Å². The Morgan fingerprint density at radius 1 is 1.28 bits per heavy atom. The van der Waals surface area contributed by atoms with Crippen molar-refractivity contribution in [3.05, 3.63) is 35.4 Å². The first kappa shape index (κ1) is 15.0. The van der Waals surface area contributed by atoms with E-state index >= 15 is 0 Å². The molecule has 0 aromatic heterocycles. The van der Waals surface area contributed by atoms with E-state index in [1.54, 1.807) is 20.3 Å². The fourth-order valence-corrected chi connectivity index (χ4v) is 1.61. The van der Waals surface area contributed by atoms with E-state index in [1.165, 1.54) is 12.1 Å². The molecule has 0 saturated carbocycles. The van der Waals surface area contributed by atoms with Crippen LogP contribution < -0.4 is 5.32 Å². The van der Waals surface area contributed by atoms with Crippen LogP contribution in [0.3, 0.4) is 0 Å². The Labute approximate surface area is 106 Å². The third-order valence-electron chi connectivity index (χ3n) is 2.59. The molecule has 0 aliphatic rings. The summed E-state index contributed by atoms with van der Waals surface area (Å²) in [6.07, 6.45) is -2.46. The summed E-state index contributed by atoms with van der Waals surface area (Å²) in [5.74, 6) is 0. The van der Waals surface area contributed by atoms with E-state index in [0.29, 0.717) is 19.7 Å². The van der Waals surface area contributed by atoms with Crippen molar-refractivity contribution < 1.29 is 18.3 Å². The molecule has 18 heavy (non-hydrogen) atoms. The highest BCUT2D eigenvalue weighted by molar-refractivity contribution is 5.24. The molecule has 0 spiro atoms. The van der Waals surface area contributed by atoms with Gasteiger partial charge in [0.1, 0.15) is 0 Å². The molecule has 102 valence electrons. The van der Waals surface area contributed by atoms with Crippen molar-refractivity contribution in [1.29, 1.82) is 0 Å². The van der Waals surface area contributed by atoms with Crippen LogP contribution in [-0.2, 0) is 16.0 Å². The van der Waals surface area contributed by atoms with Gasteiger partial charge in [-0.05, 0) is 11.6 Å². The first-order valence-electron chi connectivity index (χ1n) is 5.76. The molecule has 0 amide bonds. The SMILES string of the molecule is COCC(CNCc1cccc(C(F)F)c1)OC. The molecule has 1 aromatic carbocycles. The minimum absolute atomic E-state index is 0.0340. The van der Waals surface area contributed by atoms with Gasteiger partial charge in [-0.3, -0.25) is 0 Å². The Balaban J connectivity index is 2.41. The lowest BCUT2D eigenvalue weighted by Gasteiger charge is -2.15. The van der Waals surface area contributed by atoms with E-state index < -0.39 is 6.43 Å². The molecule has 5 heteroatoms. The second-order valence-electron chi connectivity index (χ2n) is 3.99. The molecular formula is C13H19F2NO2. The van der Waals surface area contributed by atoms with Crippen LogP contribution in [0.15, 0.2) is 24.3 Å². The average molecular weight is 259 g/mol.